The van der Waals surface area contributed by atoms with Crippen molar-refractivity contribution in [2.75, 3.05) is 0 Å². The number of nitro groups is 1. The van der Waals surface area contributed by atoms with Crippen LogP contribution in [0.5, 0.6) is 0 Å². The van der Waals surface area contributed by atoms with Crippen LogP contribution in [0.2, 0.25) is 0 Å². The zero-order chi connectivity index (χ0) is 19.2. The van der Waals surface area contributed by atoms with Gasteiger partial charge in [-0.3, -0.25) is 19.5 Å². The highest BCUT2D eigenvalue weighted by molar-refractivity contribution is 5.18. The van der Waals surface area contributed by atoms with Gasteiger partial charge in [-0.2, -0.15) is 4.39 Å². The number of aliphatic hydroxyl groups is 2. The second-order valence-corrected chi connectivity index (χ2v) is 5.77. The van der Waals surface area contributed by atoms with Gasteiger partial charge in [-0.05, 0) is 13.0 Å². The standard InChI is InChI=1S/C14H14FN3O8/c1-6-10(19)11(20)13(25-6)17-5-8(15)12(21)16(14(17)22)4-7-2-3-9(26-7)18(23)24/h2-3,5-6,10-11,13,19-20H,4H2,1H3/t6-,10-,11-,13-/m0/s1. The molecule has 1 aliphatic rings. The van der Waals surface area contributed by atoms with Crippen molar-refractivity contribution in [3.63, 3.8) is 0 Å². The first-order valence-corrected chi connectivity index (χ1v) is 7.47. The lowest BCUT2D eigenvalue weighted by Crippen LogP contribution is -2.44. The molecule has 2 aromatic rings. The highest BCUT2D eigenvalue weighted by atomic mass is 19.1. The molecule has 0 amide bonds. The van der Waals surface area contributed by atoms with Gasteiger partial charge < -0.3 is 19.4 Å². The van der Waals surface area contributed by atoms with E-state index in [0.29, 0.717) is 15.3 Å². The van der Waals surface area contributed by atoms with Crippen LogP contribution >= 0.6 is 0 Å². The summed E-state index contributed by atoms with van der Waals surface area (Å²) in [4.78, 5) is 34.3. The number of hydrogen-bond acceptors (Lipinski definition) is 8. The lowest BCUT2D eigenvalue weighted by atomic mass is 10.1. The minimum Gasteiger partial charge on any atom is -0.404 e. The molecule has 0 radical (unpaired) electrons. The number of furan rings is 1. The van der Waals surface area contributed by atoms with E-state index in [1.807, 2.05) is 0 Å². The Kier molecular flexibility index (Phi) is 4.48. The Labute approximate surface area is 143 Å². The molecule has 3 heterocycles. The fourth-order valence-electron chi connectivity index (χ4n) is 2.67. The van der Waals surface area contributed by atoms with Crippen LogP contribution in [0.15, 0.2) is 32.3 Å². The normalized spacial score (nSPS) is 25.5. The predicted octanol–water partition coefficient (Wildman–Crippen LogP) is -0.662. The second-order valence-electron chi connectivity index (χ2n) is 5.77. The maximum absolute atomic E-state index is 14.0. The van der Waals surface area contributed by atoms with Crippen LogP contribution in [0.4, 0.5) is 10.3 Å². The van der Waals surface area contributed by atoms with E-state index in [0.717, 1.165) is 6.07 Å². The van der Waals surface area contributed by atoms with Gasteiger partial charge >= 0.3 is 11.6 Å². The predicted molar refractivity (Wildman–Crippen MR) is 81.0 cm³/mol. The molecule has 0 saturated carbocycles. The van der Waals surface area contributed by atoms with Crippen LogP contribution in [-0.4, -0.2) is 42.6 Å². The second kappa shape index (κ2) is 6.48. The number of nitrogens with zero attached hydrogens (tertiary/aromatic N) is 3. The van der Waals surface area contributed by atoms with Gasteiger partial charge in [0.25, 0.3) is 5.56 Å². The van der Waals surface area contributed by atoms with E-state index >= 15 is 0 Å². The summed E-state index contributed by atoms with van der Waals surface area (Å²) in [5.41, 5.74) is -2.31. The first-order chi connectivity index (χ1) is 12.2. The van der Waals surface area contributed by atoms with Crippen molar-refractivity contribution in [2.24, 2.45) is 0 Å². The van der Waals surface area contributed by atoms with Gasteiger partial charge in [-0.15, -0.1) is 0 Å². The summed E-state index contributed by atoms with van der Waals surface area (Å²) in [6, 6.07) is 2.20. The van der Waals surface area contributed by atoms with Gasteiger partial charge in [-0.25, -0.2) is 9.36 Å². The van der Waals surface area contributed by atoms with Crippen molar-refractivity contribution >= 4 is 5.88 Å². The molecule has 1 fully saturated rings. The van der Waals surface area contributed by atoms with E-state index in [-0.39, 0.29) is 5.76 Å². The molecule has 11 nitrogen and oxygen atoms in total. The van der Waals surface area contributed by atoms with E-state index in [1.54, 1.807) is 0 Å². The van der Waals surface area contributed by atoms with Crippen molar-refractivity contribution in [1.82, 2.24) is 9.13 Å². The molecule has 0 bridgehead atoms. The van der Waals surface area contributed by atoms with Crippen molar-refractivity contribution in [3.8, 4) is 0 Å². The Morgan fingerprint density at radius 1 is 1.31 bits per heavy atom. The van der Waals surface area contributed by atoms with Crippen molar-refractivity contribution < 1.29 is 28.7 Å². The summed E-state index contributed by atoms with van der Waals surface area (Å²) < 4.78 is 25.2. The van der Waals surface area contributed by atoms with Gasteiger partial charge in [0, 0.05) is 0 Å². The fraction of sp³-hybridized carbons (Fsp3) is 0.429. The molecule has 12 heteroatoms. The SMILES string of the molecule is C[C@@H]1O[C@H](n2cc(F)c(=O)n(Cc3ccc([N+](=O)[O-])o3)c2=O)[C@@H](O)[C@H]1O. The van der Waals surface area contributed by atoms with Crippen LogP contribution in [0, 0.1) is 15.9 Å². The van der Waals surface area contributed by atoms with E-state index in [2.05, 4.69) is 0 Å². The molecule has 0 unspecified atom stereocenters. The minimum atomic E-state index is -1.52. The van der Waals surface area contributed by atoms with Gasteiger partial charge in [-0.1, -0.05) is 0 Å². The average Bonchev–Trinajstić information content (AvgIpc) is 3.16. The van der Waals surface area contributed by atoms with Crippen molar-refractivity contribution in [3.05, 3.63) is 60.9 Å². The number of hydrogen-bond donors (Lipinski definition) is 2. The maximum atomic E-state index is 14.0. The van der Waals surface area contributed by atoms with Crippen LogP contribution in [-0.2, 0) is 11.3 Å². The third-order valence-electron chi connectivity index (χ3n) is 4.05. The van der Waals surface area contributed by atoms with E-state index in [1.165, 1.54) is 13.0 Å². The lowest BCUT2D eigenvalue weighted by Gasteiger charge is -2.18. The zero-order valence-electron chi connectivity index (χ0n) is 13.3. The largest absolute Gasteiger partial charge is 0.433 e. The lowest BCUT2D eigenvalue weighted by molar-refractivity contribution is -0.402. The van der Waals surface area contributed by atoms with E-state index in [4.69, 9.17) is 9.15 Å². The molecule has 26 heavy (non-hydrogen) atoms. The van der Waals surface area contributed by atoms with Crippen LogP contribution < -0.4 is 11.2 Å². The molecule has 3 rings (SSSR count). The van der Waals surface area contributed by atoms with Gasteiger partial charge in [0.1, 0.15) is 22.9 Å². The summed E-state index contributed by atoms with van der Waals surface area (Å²) in [5, 5.41) is 30.3. The highest BCUT2D eigenvalue weighted by Gasteiger charge is 2.42. The van der Waals surface area contributed by atoms with Gasteiger partial charge in [0.15, 0.2) is 6.23 Å². The summed E-state index contributed by atoms with van der Waals surface area (Å²) in [7, 11) is 0. The molecule has 0 spiro atoms. The average molecular weight is 371 g/mol. The Morgan fingerprint density at radius 3 is 2.54 bits per heavy atom. The Hall–Kier alpha value is -2.83. The fourth-order valence-corrected chi connectivity index (χ4v) is 2.67. The smallest absolute Gasteiger partial charge is 0.404 e. The third-order valence-corrected chi connectivity index (χ3v) is 4.05. The maximum Gasteiger partial charge on any atom is 0.433 e. The van der Waals surface area contributed by atoms with E-state index < -0.39 is 59.0 Å². The number of aromatic nitrogens is 2. The molecule has 140 valence electrons. The number of halogens is 1. The topological polar surface area (TPSA) is 150 Å². The van der Waals surface area contributed by atoms with Crippen molar-refractivity contribution in [2.45, 2.75) is 38.0 Å². The zero-order valence-corrected chi connectivity index (χ0v) is 13.3. The van der Waals surface area contributed by atoms with Gasteiger partial charge in [0.2, 0.25) is 5.82 Å². The summed E-state index contributed by atoms with van der Waals surface area (Å²) >= 11 is 0. The highest BCUT2D eigenvalue weighted by Crippen LogP contribution is 2.27. The summed E-state index contributed by atoms with van der Waals surface area (Å²) in [5.74, 6) is -2.03. The number of rotatable bonds is 4. The molecule has 4 atom stereocenters. The third kappa shape index (κ3) is 2.94. The molecule has 0 aliphatic carbocycles. The van der Waals surface area contributed by atoms with Crippen LogP contribution in [0.3, 0.4) is 0 Å². The molecular weight excluding hydrogens is 357 g/mol. The minimum absolute atomic E-state index is 0.116. The van der Waals surface area contributed by atoms with E-state index in [9.17, 15) is 34.3 Å². The Morgan fingerprint density at radius 2 is 2.00 bits per heavy atom. The Bertz CT molecular complexity index is 964. The summed E-state index contributed by atoms with van der Waals surface area (Å²) in [6.07, 6.45) is -4.47. The quantitative estimate of drug-likeness (QED) is 0.531. The van der Waals surface area contributed by atoms with Crippen LogP contribution in [0.1, 0.15) is 18.9 Å². The number of ether oxygens (including phenoxy) is 1. The van der Waals surface area contributed by atoms with Crippen molar-refractivity contribution in [1.29, 1.82) is 0 Å². The first-order valence-electron chi connectivity index (χ1n) is 7.47. The molecule has 0 aromatic carbocycles. The Balaban J connectivity index is 2.03. The molecule has 2 aromatic heterocycles. The molecule has 2 N–H and O–H groups in total. The molecule has 1 aliphatic heterocycles. The first kappa shape index (κ1) is 18.0. The monoisotopic (exact) mass is 371 g/mol. The summed E-state index contributed by atoms with van der Waals surface area (Å²) in [6.45, 7) is 0.886. The van der Waals surface area contributed by atoms with Crippen LogP contribution in [0.25, 0.3) is 0 Å². The number of aliphatic hydroxyl groups excluding tert-OH is 2. The molecular formula is C14H14FN3O8. The molecule has 1 saturated heterocycles. The van der Waals surface area contributed by atoms with Gasteiger partial charge in [0.05, 0.1) is 24.9 Å².